The standard InChI is InChI=1S/C11H14ClNOS/c1-14-9-3-4-10-11(7-9)15-8-13(10)6-2-5-12/h3-4,7H,2,5-6,8H2,1H3. The quantitative estimate of drug-likeness (QED) is 0.754. The Morgan fingerprint density at radius 2 is 2.40 bits per heavy atom. The van der Waals surface area contributed by atoms with Crippen LogP contribution in [0.5, 0.6) is 5.75 Å². The number of hydrogen-bond donors (Lipinski definition) is 0. The molecule has 2 nitrogen and oxygen atoms in total. The van der Waals surface area contributed by atoms with E-state index in [1.54, 1.807) is 7.11 Å². The van der Waals surface area contributed by atoms with Gasteiger partial charge in [0.25, 0.3) is 0 Å². The Morgan fingerprint density at radius 1 is 1.53 bits per heavy atom. The number of fused-ring (bicyclic) bond motifs is 1. The van der Waals surface area contributed by atoms with Gasteiger partial charge in [-0.25, -0.2) is 0 Å². The van der Waals surface area contributed by atoms with Gasteiger partial charge in [0.15, 0.2) is 0 Å². The van der Waals surface area contributed by atoms with Crippen molar-refractivity contribution in [3.05, 3.63) is 18.2 Å². The molecule has 0 saturated heterocycles. The topological polar surface area (TPSA) is 12.5 Å². The number of alkyl halides is 1. The molecule has 1 aromatic carbocycles. The largest absolute Gasteiger partial charge is 0.497 e. The van der Waals surface area contributed by atoms with E-state index in [0.29, 0.717) is 0 Å². The molecule has 0 aliphatic carbocycles. The number of halogens is 1. The molecule has 0 fully saturated rings. The molecule has 0 bridgehead atoms. The third kappa shape index (κ3) is 2.34. The van der Waals surface area contributed by atoms with E-state index in [-0.39, 0.29) is 0 Å². The summed E-state index contributed by atoms with van der Waals surface area (Å²) in [6.07, 6.45) is 1.04. The van der Waals surface area contributed by atoms with Crippen molar-refractivity contribution < 1.29 is 4.74 Å². The Morgan fingerprint density at radius 3 is 3.13 bits per heavy atom. The van der Waals surface area contributed by atoms with E-state index in [4.69, 9.17) is 16.3 Å². The molecule has 15 heavy (non-hydrogen) atoms. The van der Waals surface area contributed by atoms with E-state index >= 15 is 0 Å². The van der Waals surface area contributed by atoms with Crippen molar-refractivity contribution in [1.29, 1.82) is 0 Å². The number of thioether (sulfide) groups is 1. The lowest BCUT2D eigenvalue weighted by Crippen LogP contribution is -2.20. The highest BCUT2D eigenvalue weighted by Crippen LogP contribution is 2.40. The molecule has 82 valence electrons. The molecular weight excluding hydrogens is 230 g/mol. The molecule has 4 heteroatoms. The van der Waals surface area contributed by atoms with Crippen molar-refractivity contribution in [2.45, 2.75) is 11.3 Å². The predicted octanol–water partition coefficient (Wildman–Crippen LogP) is 3.19. The summed E-state index contributed by atoms with van der Waals surface area (Å²) in [6, 6.07) is 6.24. The molecule has 0 amide bonds. The highest BCUT2D eigenvalue weighted by molar-refractivity contribution is 7.99. The summed E-state index contributed by atoms with van der Waals surface area (Å²) in [5.74, 6) is 2.69. The molecule has 0 unspecified atom stereocenters. The van der Waals surface area contributed by atoms with Crippen LogP contribution >= 0.6 is 23.4 Å². The third-order valence-corrected chi connectivity index (χ3v) is 3.79. The predicted molar refractivity (Wildman–Crippen MR) is 66.4 cm³/mol. The van der Waals surface area contributed by atoms with Crippen LogP contribution < -0.4 is 9.64 Å². The second-order valence-corrected chi connectivity index (χ2v) is 4.78. The molecule has 1 heterocycles. The van der Waals surface area contributed by atoms with E-state index in [2.05, 4.69) is 17.0 Å². The van der Waals surface area contributed by atoms with E-state index in [0.717, 1.165) is 30.5 Å². The highest BCUT2D eigenvalue weighted by Gasteiger charge is 2.19. The monoisotopic (exact) mass is 243 g/mol. The summed E-state index contributed by atoms with van der Waals surface area (Å²) < 4.78 is 5.20. The fourth-order valence-corrected chi connectivity index (χ4v) is 2.88. The van der Waals surface area contributed by atoms with Crippen molar-refractivity contribution in [2.75, 3.05) is 30.3 Å². The van der Waals surface area contributed by atoms with Gasteiger partial charge in [-0.05, 0) is 24.6 Å². The zero-order valence-electron chi connectivity index (χ0n) is 8.70. The first-order chi connectivity index (χ1) is 7.35. The first-order valence-corrected chi connectivity index (χ1v) is 6.49. The van der Waals surface area contributed by atoms with Gasteiger partial charge in [0.1, 0.15) is 5.75 Å². The maximum Gasteiger partial charge on any atom is 0.120 e. The van der Waals surface area contributed by atoms with E-state index in [1.807, 2.05) is 17.8 Å². The second kappa shape index (κ2) is 4.99. The number of anilines is 1. The van der Waals surface area contributed by atoms with Gasteiger partial charge in [-0.15, -0.1) is 23.4 Å². The highest BCUT2D eigenvalue weighted by atomic mass is 35.5. The molecule has 0 radical (unpaired) electrons. The van der Waals surface area contributed by atoms with Gasteiger partial charge in [0, 0.05) is 17.3 Å². The van der Waals surface area contributed by atoms with Crippen molar-refractivity contribution in [3.63, 3.8) is 0 Å². The van der Waals surface area contributed by atoms with Gasteiger partial charge in [-0.3, -0.25) is 0 Å². The van der Waals surface area contributed by atoms with E-state index < -0.39 is 0 Å². The first-order valence-electron chi connectivity index (χ1n) is 4.97. The maximum absolute atomic E-state index is 5.70. The SMILES string of the molecule is COc1ccc2c(c1)SCN2CCCCl. The minimum atomic E-state index is 0.729. The normalized spacial score (nSPS) is 14.1. The maximum atomic E-state index is 5.70. The summed E-state index contributed by atoms with van der Waals surface area (Å²) in [5, 5.41) is 0. The van der Waals surface area contributed by atoms with Crippen LogP contribution in [-0.4, -0.2) is 25.4 Å². The lowest BCUT2D eigenvalue weighted by molar-refractivity contribution is 0.414. The van der Waals surface area contributed by atoms with E-state index in [9.17, 15) is 0 Å². The molecule has 1 aliphatic heterocycles. The van der Waals surface area contributed by atoms with Gasteiger partial charge < -0.3 is 9.64 Å². The Kier molecular flexibility index (Phi) is 3.65. The van der Waals surface area contributed by atoms with Crippen LogP contribution in [-0.2, 0) is 0 Å². The van der Waals surface area contributed by atoms with Gasteiger partial charge in [0.05, 0.1) is 18.7 Å². The second-order valence-electron chi connectivity index (χ2n) is 3.41. The van der Waals surface area contributed by atoms with Crippen LogP contribution in [0.4, 0.5) is 5.69 Å². The molecule has 2 rings (SSSR count). The van der Waals surface area contributed by atoms with Crippen LogP contribution in [0.2, 0.25) is 0 Å². The zero-order valence-corrected chi connectivity index (χ0v) is 10.3. The van der Waals surface area contributed by atoms with Crippen molar-refractivity contribution in [1.82, 2.24) is 0 Å². The van der Waals surface area contributed by atoms with Gasteiger partial charge in [-0.1, -0.05) is 0 Å². The molecule has 0 aromatic heterocycles. The fourth-order valence-electron chi connectivity index (χ4n) is 1.65. The average Bonchev–Trinajstić information content (AvgIpc) is 2.68. The first kappa shape index (κ1) is 11.0. The molecule has 0 spiro atoms. The summed E-state index contributed by atoms with van der Waals surface area (Å²) in [7, 11) is 1.70. The van der Waals surface area contributed by atoms with E-state index in [1.165, 1.54) is 10.6 Å². The molecule has 0 saturated carbocycles. The Balaban J connectivity index is 2.13. The molecule has 1 aromatic rings. The zero-order chi connectivity index (χ0) is 10.7. The molecular formula is C11H14ClNOS. The van der Waals surface area contributed by atoms with Crippen molar-refractivity contribution >= 4 is 29.1 Å². The number of methoxy groups -OCH3 is 1. The lowest BCUT2D eigenvalue weighted by Gasteiger charge is -2.17. The third-order valence-electron chi connectivity index (χ3n) is 2.45. The number of ether oxygens (including phenoxy) is 1. The number of nitrogens with zero attached hydrogens (tertiary/aromatic N) is 1. The van der Waals surface area contributed by atoms with Gasteiger partial charge >= 0.3 is 0 Å². The van der Waals surface area contributed by atoms with Crippen molar-refractivity contribution in [2.24, 2.45) is 0 Å². The summed E-state index contributed by atoms with van der Waals surface area (Å²) in [6.45, 7) is 1.04. The van der Waals surface area contributed by atoms with Crippen LogP contribution in [0.25, 0.3) is 0 Å². The van der Waals surface area contributed by atoms with Gasteiger partial charge in [-0.2, -0.15) is 0 Å². The minimum absolute atomic E-state index is 0.729. The molecule has 0 N–H and O–H groups in total. The Hall–Kier alpha value is -0.540. The van der Waals surface area contributed by atoms with Crippen molar-refractivity contribution in [3.8, 4) is 5.75 Å². The fraction of sp³-hybridized carbons (Fsp3) is 0.455. The Bertz CT molecular complexity index is 345. The summed E-state index contributed by atoms with van der Waals surface area (Å²) in [4.78, 5) is 3.67. The smallest absolute Gasteiger partial charge is 0.120 e. The molecule has 1 aliphatic rings. The minimum Gasteiger partial charge on any atom is -0.497 e. The van der Waals surface area contributed by atoms with Gasteiger partial charge in [0.2, 0.25) is 0 Å². The summed E-state index contributed by atoms with van der Waals surface area (Å²) >= 11 is 7.56. The number of benzene rings is 1. The van der Waals surface area contributed by atoms with Crippen LogP contribution in [0.15, 0.2) is 23.1 Å². The number of rotatable bonds is 4. The van der Waals surface area contributed by atoms with Crippen LogP contribution in [0.3, 0.4) is 0 Å². The summed E-state index contributed by atoms with van der Waals surface area (Å²) in [5.41, 5.74) is 1.31. The lowest BCUT2D eigenvalue weighted by atomic mass is 10.2. The van der Waals surface area contributed by atoms with Crippen LogP contribution in [0.1, 0.15) is 6.42 Å². The Labute approximate surface area is 99.6 Å². The van der Waals surface area contributed by atoms with Crippen LogP contribution in [0, 0.1) is 0 Å². The number of hydrogen-bond acceptors (Lipinski definition) is 3. The molecule has 0 atom stereocenters. The average molecular weight is 244 g/mol.